The first kappa shape index (κ1) is 15.4. The van der Waals surface area contributed by atoms with Gasteiger partial charge >= 0.3 is 0 Å². The molecule has 0 amide bonds. The van der Waals surface area contributed by atoms with Crippen LogP contribution in [-0.4, -0.2) is 20.8 Å². The van der Waals surface area contributed by atoms with E-state index in [1.165, 1.54) is 11.1 Å². The van der Waals surface area contributed by atoms with Crippen molar-refractivity contribution in [3.8, 4) is 22.6 Å². The van der Waals surface area contributed by atoms with Gasteiger partial charge in [-0.15, -0.1) is 0 Å². The molecule has 0 fully saturated rings. The highest BCUT2D eigenvalue weighted by Crippen LogP contribution is 2.40. The first-order valence-corrected chi connectivity index (χ1v) is 7.22. The number of ether oxygens (including phenoxy) is 2. The largest absolute Gasteiger partial charge is 0.496 e. The van der Waals surface area contributed by atoms with Crippen LogP contribution >= 0.6 is 0 Å². The zero-order valence-electron chi connectivity index (χ0n) is 13.2. The second kappa shape index (κ2) is 7.14. The summed E-state index contributed by atoms with van der Waals surface area (Å²) in [6, 6.07) is 12.4. The normalized spacial score (nSPS) is 10.5. The minimum atomic E-state index is 0.827. The van der Waals surface area contributed by atoms with Crippen molar-refractivity contribution in [1.82, 2.24) is 5.32 Å². The molecule has 3 nitrogen and oxygen atoms in total. The Morgan fingerprint density at radius 2 is 1.67 bits per heavy atom. The van der Waals surface area contributed by atoms with Crippen LogP contribution in [0, 0.1) is 6.92 Å². The minimum absolute atomic E-state index is 0.827. The molecule has 2 aromatic carbocycles. The third-order valence-corrected chi connectivity index (χ3v) is 3.53. The van der Waals surface area contributed by atoms with Gasteiger partial charge in [0.05, 0.1) is 19.8 Å². The summed E-state index contributed by atoms with van der Waals surface area (Å²) in [6.07, 6.45) is 0. The van der Waals surface area contributed by atoms with Crippen molar-refractivity contribution in [2.75, 3.05) is 20.8 Å². The maximum atomic E-state index is 5.54. The van der Waals surface area contributed by atoms with Crippen molar-refractivity contribution in [3.05, 3.63) is 47.5 Å². The Balaban J connectivity index is 2.62. The molecule has 0 saturated carbocycles. The predicted octanol–water partition coefficient (Wildman–Crippen LogP) is 3.79. The van der Waals surface area contributed by atoms with Gasteiger partial charge in [-0.3, -0.25) is 0 Å². The van der Waals surface area contributed by atoms with Crippen LogP contribution in [0.3, 0.4) is 0 Å². The Kier molecular flexibility index (Phi) is 5.23. The summed E-state index contributed by atoms with van der Waals surface area (Å²) >= 11 is 0. The first-order valence-electron chi connectivity index (χ1n) is 7.22. The zero-order chi connectivity index (χ0) is 15.2. The average molecular weight is 285 g/mol. The summed E-state index contributed by atoms with van der Waals surface area (Å²) in [5, 5.41) is 3.39. The van der Waals surface area contributed by atoms with Crippen LogP contribution in [0.5, 0.6) is 11.5 Å². The number of aryl methyl sites for hydroxylation is 1. The van der Waals surface area contributed by atoms with Gasteiger partial charge < -0.3 is 14.8 Å². The van der Waals surface area contributed by atoms with Gasteiger partial charge in [0.25, 0.3) is 0 Å². The van der Waals surface area contributed by atoms with E-state index in [-0.39, 0.29) is 0 Å². The molecule has 3 heteroatoms. The lowest BCUT2D eigenvalue weighted by atomic mass is 9.96. The molecule has 0 heterocycles. The van der Waals surface area contributed by atoms with E-state index in [2.05, 4.69) is 37.4 Å². The molecule has 1 N–H and O–H groups in total. The number of methoxy groups -OCH3 is 2. The van der Waals surface area contributed by atoms with Crippen molar-refractivity contribution >= 4 is 0 Å². The molecule has 0 atom stereocenters. The third-order valence-electron chi connectivity index (χ3n) is 3.53. The van der Waals surface area contributed by atoms with E-state index in [9.17, 15) is 0 Å². The topological polar surface area (TPSA) is 30.5 Å². The summed E-state index contributed by atoms with van der Waals surface area (Å²) < 4.78 is 11.1. The van der Waals surface area contributed by atoms with Crippen LogP contribution in [0.25, 0.3) is 11.1 Å². The second-order valence-electron chi connectivity index (χ2n) is 4.98. The minimum Gasteiger partial charge on any atom is -0.496 e. The number of hydrogen-bond acceptors (Lipinski definition) is 3. The monoisotopic (exact) mass is 285 g/mol. The molecular weight excluding hydrogens is 262 g/mol. The Bertz CT molecular complexity index is 586. The molecule has 0 aromatic heterocycles. The van der Waals surface area contributed by atoms with Crippen LogP contribution in [0.1, 0.15) is 18.1 Å². The summed E-state index contributed by atoms with van der Waals surface area (Å²) in [6.45, 7) is 5.98. The lowest BCUT2D eigenvalue weighted by molar-refractivity contribution is 0.397. The van der Waals surface area contributed by atoms with Gasteiger partial charge in [-0.25, -0.2) is 0 Å². The number of rotatable bonds is 6. The van der Waals surface area contributed by atoms with Gasteiger partial charge in [0.15, 0.2) is 0 Å². The summed E-state index contributed by atoms with van der Waals surface area (Å²) in [5.41, 5.74) is 4.63. The Morgan fingerprint density at radius 1 is 1.00 bits per heavy atom. The van der Waals surface area contributed by atoms with Crippen molar-refractivity contribution < 1.29 is 9.47 Å². The van der Waals surface area contributed by atoms with Crippen LogP contribution in [-0.2, 0) is 6.54 Å². The van der Waals surface area contributed by atoms with E-state index < -0.39 is 0 Å². The van der Waals surface area contributed by atoms with Crippen LogP contribution in [0.15, 0.2) is 36.4 Å². The molecular formula is C18H23NO2. The second-order valence-corrected chi connectivity index (χ2v) is 4.98. The number of hydrogen-bond donors (Lipinski definition) is 1. The highest BCUT2D eigenvalue weighted by atomic mass is 16.5. The van der Waals surface area contributed by atoms with Gasteiger partial charge in [-0.05, 0) is 36.7 Å². The molecule has 0 bridgehead atoms. The maximum Gasteiger partial charge on any atom is 0.130 e. The summed E-state index contributed by atoms with van der Waals surface area (Å²) in [4.78, 5) is 0. The van der Waals surface area contributed by atoms with Gasteiger partial charge in [-0.1, -0.05) is 36.8 Å². The van der Waals surface area contributed by atoms with E-state index in [1.54, 1.807) is 14.2 Å². The molecule has 0 unspecified atom stereocenters. The van der Waals surface area contributed by atoms with Gasteiger partial charge in [0, 0.05) is 6.54 Å². The first-order chi connectivity index (χ1) is 10.2. The van der Waals surface area contributed by atoms with Gasteiger partial charge in [0.1, 0.15) is 11.5 Å². The highest BCUT2D eigenvalue weighted by molar-refractivity contribution is 5.79. The van der Waals surface area contributed by atoms with Gasteiger partial charge in [0.2, 0.25) is 0 Å². The molecule has 21 heavy (non-hydrogen) atoms. The summed E-state index contributed by atoms with van der Waals surface area (Å²) in [5.74, 6) is 1.66. The summed E-state index contributed by atoms with van der Waals surface area (Å²) in [7, 11) is 3.38. The zero-order valence-corrected chi connectivity index (χ0v) is 13.2. The molecule has 0 aliphatic carbocycles. The molecule has 0 aliphatic heterocycles. The molecule has 112 valence electrons. The average Bonchev–Trinajstić information content (AvgIpc) is 2.52. The van der Waals surface area contributed by atoms with E-state index in [0.29, 0.717) is 0 Å². The Labute approximate surface area is 126 Å². The van der Waals surface area contributed by atoms with E-state index in [4.69, 9.17) is 9.47 Å². The molecule has 0 spiro atoms. The SMILES string of the molecule is CCNCc1ccc(C)cc1-c1c(OC)cccc1OC. The molecule has 0 aliphatic rings. The third kappa shape index (κ3) is 3.37. The van der Waals surface area contributed by atoms with Crippen molar-refractivity contribution in [1.29, 1.82) is 0 Å². The fourth-order valence-electron chi connectivity index (χ4n) is 2.45. The van der Waals surface area contributed by atoms with Gasteiger partial charge in [-0.2, -0.15) is 0 Å². The molecule has 0 saturated heterocycles. The lowest BCUT2D eigenvalue weighted by Crippen LogP contribution is -2.12. The number of benzene rings is 2. The van der Waals surface area contributed by atoms with Crippen LogP contribution < -0.4 is 14.8 Å². The van der Waals surface area contributed by atoms with Crippen molar-refractivity contribution in [2.45, 2.75) is 20.4 Å². The van der Waals surface area contributed by atoms with E-state index in [1.807, 2.05) is 18.2 Å². The Morgan fingerprint density at radius 3 is 2.24 bits per heavy atom. The highest BCUT2D eigenvalue weighted by Gasteiger charge is 2.15. The van der Waals surface area contributed by atoms with E-state index in [0.717, 1.165) is 35.7 Å². The van der Waals surface area contributed by atoms with Crippen LogP contribution in [0.4, 0.5) is 0 Å². The lowest BCUT2D eigenvalue weighted by Gasteiger charge is -2.17. The van der Waals surface area contributed by atoms with E-state index >= 15 is 0 Å². The quantitative estimate of drug-likeness (QED) is 0.876. The fraction of sp³-hybridized carbons (Fsp3) is 0.333. The van der Waals surface area contributed by atoms with Crippen molar-refractivity contribution in [2.24, 2.45) is 0 Å². The fourth-order valence-corrected chi connectivity index (χ4v) is 2.45. The maximum absolute atomic E-state index is 5.54. The van der Waals surface area contributed by atoms with Crippen LogP contribution in [0.2, 0.25) is 0 Å². The molecule has 2 rings (SSSR count). The number of nitrogens with one attached hydrogen (secondary N) is 1. The predicted molar refractivity (Wildman–Crippen MR) is 87.1 cm³/mol. The standard InChI is InChI=1S/C18H23NO2/c1-5-19-12-14-10-9-13(2)11-15(14)18-16(20-3)7-6-8-17(18)21-4/h6-11,19H,5,12H2,1-4H3. The molecule has 0 radical (unpaired) electrons. The molecule has 2 aromatic rings. The Hall–Kier alpha value is -2.00. The van der Waals surface area contributed by atoms with Crippen molar-refractivity contribution in [3.63, 3.8) is 0 Å². The smallest absolute Gasteiger partial charge is 0.130 e.